The van der Waals surface area contributed by atoms with Gasteiger partial charge in [-0.05, 0) is 80.8 Å². The molecule has 1 aliphatic heterocycles. The van der Waals surface area contributed by atoms with Gasteiger partial charge in [0.2, 0.25) is 0 Å². The molecule has 3 heteroatoms. The van der Waals surface area contributed by atoms with Crippen LogP contribution in [-0.2, 0) is 6.42 Å². The molecule has 0 saturated carbocycles. The molecule has 5 aromatic rings. The third kappa shape index (κ3) is 6.17. The van der Waals surface area contributed by atoms with E-state index >= 15 is 0 Å². The Morgan fingerprint density at radius 3 is 2.24 bits per heavy atom. The maximum atomic E-state index is 6.71. The van der Waals surface area contributed by atoms with Crippen molar-refractivity contribution in [1.82, 2.24) is 4.57 Å². The molecule has 0 radical (unpaired) electrons. The first-order chi connectivity index (χ1) is 22.0. The molecule has 2 heterocycles. The van der Waals surface area contributed by atoms with Gasteiger partial charge in [-0.1, -0.05) is 99.7 Å². The quantitative estimate of drug-likeness (QED) is 0.164. The molecule has 45 heavy (non-hydrogen) atoms. The highest BCUT2D eigenvalue weighted by molar-refractivity contribution is 5.95. The van der Waals surface area contributed by atoms with Gasteiger partial charge in [0.05, 0.1) is 11.2 Å². The zero-order valence-electron chi connectivity index (χ0n) is 27.5. The molecule has 228 valence electrons. The topological polar surface area (TPSA) is 17.4 Å². The van der Waals surface area contributed by atoms with Gasteiger partial charge in [-0.25, -0.2) is 0 Å². The van der Waals surface area contributed by atoms with E-state index in [-0.39, 0.29) is 0 Å². The molecule has 0 aliphatic carbocycles. The molecule has 1 aromatic heterocycles. The lowest BCUT2D eigenvalue weighted by atomic mass is 9.99. The smallest absolute Gasteiger partial charge is 0.133 e. The summed E-state index contributed by atoms with van der Waals surface area (Å²) in [6.07, 6.45) is 12.4. The molecule has 0 unspecified atom stereocenters. The number of hydrogen-bond donors (Lipinski definition) is 0. The van der Waals surface area contributed by atoms with Crippen LogP contribution in [0.15, 0.2) is 127 Å². The fourth-order valence-corrected chi connectivity index (χ4v) is 5.97. The molecule has 0 N–H and O–H groups in total. The number of aromatic nitrogens is 1. The van der Waals surface area contributed by atoms with E-state index in [0.29, 0.717) is 0 Å². The van der Waals surface area contributed by atoms with Gasteiger partial charge in [0.1, 0.15) is 11.5 Å². The van der Waals surface area contributed by atoms with Crippen molar-refractivity contribution in [2.45, 2.75) is 54.4 Å². The van der Waals surface area contributed by atoms with Gasteiger partial charge < -0.3 is 14.2 Å². The van der Waals surface area contributed by atoms with Crippen LogP contribution in [0, 0.1) is 0 Å². The summed E-state index contributed by atoms with van der Waals surface area (Å²) in [7, 11) is 0. The number of ether oxygens (including phenoxy) is 1. The van der Waals surface area contributed by atoms with Gasteiger partial charge in [-0.15, -0.1) is 0 Å². The highest BCUT2D eigenvalue weighted by Crippen LogP contribution is 2.43. The second-order valence-corrected chi connectivity index (χ2v) is 11.1. The summed E-state index contributed by atoms with van der Waals surface area (Å²) in [4.78, 5) is 2.32. The molecule has 1 aliphatic rings. The molecule has 6 rings (SSSR count). The second kappa shape index (κ2) is 14.2. The van der Waals surface area contributed by atoms with Crippen molar-refractivity contribution in [1.29, 1.82) is 0 Å². The van der Waals surface area contributed by atoms with Crippen molar-refractivity contribution in [2.24, 2.45) is 0 Å². The predicted molar refractivity (Wildman–Crippen MR) is 195 cm³/mol. The first kappa shape index (κ1) is 31.4. The highest BCUT2D eigenvalue weighted by Gasteiger charge is 2.22. The van der Waals surface area contributed by atoms with Crippen molar-refractivity contribution in [2.75, 3.05) is 4.90 Å². The van der Waals surface area contributed by atoms with Crippen molar-refractivity contribution in [3.8, 4) is 17.2 Å². The standard InChI is InChI=1S/C40H38N2O.C2H6/c1-6-9-19-37(28(4)5)41(31-16-11-10-12-17-31)32-23-21-29-25-30-22-24-33(27-40(30)43-39(29)26-32)42-36(8-3)34(15-7-2)35-18-13-14-20-38(35)42;1-2/h7-24,26-27H,3,6,25H2,1-2,4-5H3;1-2H3/b15-7-,19-9-;. The summed E-state index contributed by atoms with van der Waals surface area (Å²) in [5.41, 5.74) is 11.4. The lowest BCUT2D eigenvalue weighted by Crippen LogP contribution is -2.17. The fourth-order valence-electron chi connectivity index (χ4n) is 5.97. The van der Waals surface area contributed by atoms with E-state index in [1.54, 1.807) is 0 Å². The number of anilines is 2. The lowest BCUT2D eigenvalue weighted by molar-refractivity contribution is 0.460. The molecule has 0 spiro atoms. The van der Waals surface area contributed by atoms with Gasteiger partial charge in [0.15, 0.2) is 0 Å². The summed E-state index contributed by atoms with van der Waals surface area (Å²) in [5.74, 6) is 1.79. The summed E-state index contributed by atoms with van der Waals surface area (Å²) >= 11 is 0. The van der Waals surface area contributed by atoms with E-state index in [9.17, 15) is 0 Å². The van der Waals surface area contributed by atoms with E-state index in [4.69, 9.17) is 4.74 Å². The third-order valence-electron chi connectivity index (χ3n) is 7.98. The van der Waals surface area contributed by atoms with Crippen LogP contribution in [0.2, 0.25) is 0 Å². The van der Waals surface area contributed by atoms with Crippen molar-refractivity contribution in [3.05, 3.63) is 149 Å². The molecular formula is C42H44N2O. The fraction of sp³-hybridized carbons (Fsp3) is 0.190. The molecule has 0 amide bonds. The minimum absolute atomic E-state index is 0.826. The molecule has 0 atom stereocenters. The summed E-state index contributed by atoms with van der Waals surface area (Å²) < 4.78 is 9.00. The maximum Gasteiger partial charge on any atom is 0.133 e. The Labute approximate surface area is 269 Å². The Balaban J connectivity index is 0.00000196. The molecule has 0 bridgehead atoms. The van der Waals surface area contributed by atoms with Gasteiger partial charge in [0.25, 0.3) is 0 Å². The van der Waals surface area contributed by atoms with Crippen LogP contribution in [0.1, 0.15) is 70.3 Å². The van der Waals surface area contributed by atoms with Gasteiger partial charge in [-0.2, -0.15) is 0 Å². The minimum atomic E-state index is 0.826. The van der Waals surface area contributed by atoms with Crippen LogP contribution in [0.25, 0.3) is 28.7 Å². The Hall–Kier alpha value is -5.02. The molecule has 0 fully saturated rings. The van der Waals surface area contributed by atoms with Crippen molar-refractivity contribution in [3.63, 3.8) is 0 Å². The normalized spacial score (nSPS) is 11.9. The van der Waals surface area contributed by atoms with Crippen molar-refractivity contribution >= 4 is 34.4 Å². The van der Waals surface area contributed by atoms with E-state index in [0.717, 1.165) is 52.6 Å². The summed E-state index contributed by atoms with van der Waals surface area (Å²) in [5, 5.41) is 1.21. The third-order valence-corrected chi connectivity index (χ3v) is 7.98. The molecule has 0 saturated heterocycles. The summed E-state index contributed by atoms with van der Waals surface area (Å²) in [6, 6.07) is 32.3. The van der Waals surface area contributed by atoms with Gasteiger partial charge in [-0.3, -0.25) is 0 Å². The average Bonchev–Trinajstić information content (AvgIpc) is 3.39. The number of hydrogen-bond acceptors (Lipinski definition) is 2. The lowest BCUT2D eigenvalue weighted by Gasteiger charge is -2.29. The van der Waals surface area contributed by atoms with E-state index in [1.165, 1.54) is 33.3 Å². The monoisotopic (exact) mass is 592 g/mol. The first-order valence-corrected chi connectivity index (χ1v) is 16.1. The number of nitrogens with zero attached hydrogens (tertiary/aromatic N) is 2. The van der Waals surface area contributed by atoms with Crippen LogP contribution in [0.5, 0.6) is 11.5 Å². The van der Waals surface area contributed by atoms with Gasteiger partial charge in [0, 0.05) is 52.3 Å². The maximum absolute atomic E-state index is 6.71. The zero-order valence-corrected chi connectivity index (χ0v) is 27.5. The zero-order chi connectivity index (χ0) is 31.9. The molecule has 3 nitrogen and oxygen atoms in total. The number of benzene rings is 4. The minimum Gasteiger partial charge on any atom is -0.457 e. The Morgan fingerprint density at radius 1 is 0.867 bits per heavy atom. The number of fused-ring (bicyclic) bond motifs is 3. The van der Waals surface area contributed by atoms with Crippen LogP contribution < -0.4 is 9.64 Å². The van der Waals surface area contributed by atoms with Crippen LogP contribution in [0.3, 0.4) is 0 Å². The number of para-hydroxylation sites is 2. The Morgan fingerprint density at radius 2 is 1.56 bits per heavy atom. The van der Waals surface area contributed by atoms with Crippen LogP contribution in [0.4, 0.5) is 11.4 Å². The Kier molecular flexibility index (Phi) is 9.89. The number of rotatable bonds is 8. The van der Waals surface area contributed by atoms with Crippen LogP contribution in [-0.4, -0.2) is 4.57 Å². The van der Waals surface area contributed by atoms with E-state index < -0.39 is 0 Å². The van der Waals surface area contributed by atoms with Gasteiger partial charge >= 0.3 is 0 Å². The number of allylic oxidation sites excluding steroid dienone is 4. The SMILES string of the molecule is C=Cc1c(/C=C\C)c2ccccc2n1-c1ccc2c(c1)Oc1cc(N(C(/C=C\CC)=C(C)C)c3ccccc3)ccc1C2.CC. The second-order valence-electron chi connectivity index (χ2n) is 11.1. The van der Waals surface area contributed by atoms with Crippen molar-refractivity contribution < 1.29 is 4.74 Å². The average molecular weight is 593 g/mol. The largest absolute Gasteiger partial charge is 0.457 e. The van der Waals surface area contributed by atoms with Crippen LogP contribution >= 0.6 is 0 Å². The van der Waals surface area contributed by atoms with E-state index in [2.05, 4.69) is 159 Å². The predicted octanol–water partition coefficient (Wildman–Crippen LogP) is 12.4. The first-order valence-electron chi connectivity index (χ1n) is 16.1. The highest BCUT2D eigenvalue weighted by atomic mass is 16.5. The molecule has 4 aromatic carbocycles. The molecular weight excluding hydrogens is 548 g/mol. The summed E-state index contributed by atoms with van der Waals surface area (Å²) in [6.45, 7) is 16.7. The Bertz CT molecular complexity index is 1900. The van der Waals surface area contributed by atoms with E-state index in [1.807, 2.05) is 19.9 Å².